The number of aliphatic carboxylic acids is 1. The van der Waals surface area contributed by atoms with Crippen LogP contribution in [0.5, 0.6) is 5.75 Å². The number of fused-ring (bicyclic) bond motifs is 1. The molecular formula is C28H26N2O5. The second-order valence-electron chi connectivity index (χ2n) is 9.05. The smallest absolute Gasteiger partial charge is 0.325 e. The molecule has 2 fully saturated rings. The number of hydrogen-bond donors (Lipinski definition) is 2. The first-order valence-corrected chi connectivity index (χ1v) is 11.5. The average Bonchev–Trinajstić information content (AvgIpc) is 3.35. The summed E-state index contributed by atoms with van der Waals surface area (Å²) < 4.78 is 5.54. The summed E-state index contributed by atoms with van der Waals surface area (Å²) in [6, 6.07) is 24.9. The molecule has 0 aromatic heterocycles. The molecule has 0 bridgehead atoms. The van der Waals surface area contributed by atoms with Crippen molar-refractivity contribution in [2.45, 2.75) is 24.5 Å². The first-order chi connectivity index (χ1) is 17.0. The van der Waals surface area contributed by atoms with Gasteiger partial charge < -0.3 is 9.84 Å². The summed E-state index contributed by atoms with van der Waals surface area (Å²) in [4.78, 5) is 41.8. The van der Waals surface area contributed by atoms with E-state index in [9.17, 15) is 19.5 Å². The summed E-state index contributed by atoms with van der Waals surface area (Å²) in [5.41, 5.74) is 0.572. The fourth-order valence-corrected chi connectivity index (χ4v) is 5.53. The van der Waals surface area contributed by atoms with Crippen LogP contribution in [-0.4, -0.2) is 40.4 Å². The van der Waals surface area contributed by atoms with E-state index in [0.29, 0.717) is 11.3 Å². The van der Waals surface area contributed by atoms with Gasteiger partial charge in [-0.2, -0.15) is 0 Å². The topological polar surface area (TPSA) is 95.9 Å². The van der Waals surface area contributed by atoms with Crippen LogP contribution in [0.25, 0.3) is 0 Å². The number of nitrogens with zero attached hydrogens (tertiary/aromatic N) is 1. The van der Waals surface area contributed by atoms with Crippen molar-refractivity contribution in [1.82, 2.24) is 10.2 Å². The van der Waals surface area contributed by atoms with Gasteiger partial charge in [0.05, 0.1) is 25.5 Å². The second-order valence-corrected chi connectivity index (χ2v) is 9.05. The number of carbonyl (C=O) groups is 3. The predicted molar refractivity (Wildman–Crippen MR) is 128 cm³/mol. The zero-order valence-corrected chi connectivity index (χ0v) is 19.3. The molecule has 2 amide bonds. The van der Waals surface area contributed by atoms with E-state index in [0.717, 1.165) is 11.1 Å². The molecule has 0 radical (unpaired) electrons. The number of carbonyl (C=O) groups excluding carboxylic acids is 2. The van der Waals surface area contributed by atoms with Crippen molar-refractivity contribution in [1.29, 1.82) is 0 Å². The number of methoxy groups -OCH3 is 1. The molecule has 7 nitrogen and oxygen atoms in total. The Bertz CT molecular complexity index is 1260. The third-order valence-corrected chi connectivity index (χ3v) is 7.11. The minimum absolute atomic E-state index is 0.0637. The number of carboxylic acids is 1. The molecule has 4 atom stereocenters. The number of carboxylic acid groups (broad SMARTS) is 1. The van der Waals surface area contributed by atoms with Crippen molar-refractivity contribution >= 4 is 17.8 Å². The number of ether oxygens (including phenoxy) is 1. The molecule has 2 aliphatic heterocycles. The van der Waals surface area contributed by atoms with E-state index < -0.39 is 35.3 Å². The van der Waals surface area contributed by atoms with Gasteiger partial charge in [0.15, 0.2) is 0 Å². The third kappa shape index (κ3) is 3.78. The van der Waals surface area contributed by atoms with E-state index in [4.69, 9.17) is 4.74 Å². The fraction of sp³-hybridized carbons (Fsp3) is 0.250. The van der Waals surface area contributed by atoms with Crippen molar-refractivity contribution < 1.29 is 24.2 Å². The molecule has 4 unspecified atom stereocenters. The van der Waals surface area contributed by atoms with Crippen LogP contribution in [0.1, 0.15) is 22.7 Å². The summed E-state index contributed by atoms with van der Waals surface area (Å²) in [5, 5.41) is 13.8. The maximum absolute atomic E-state index is 13.8. The zero-order valence-electron chi connectivity index (χ0n) is 19.3. The Morgan fingerprint density at radius 3 is 2.14 bits per heavy atom. The van der Waals surface area contributed by atoms with Gasteiger partial charge in [0, 0.05) is 18.0 Å². The summed E-state index contributed by atoms with van der Waals surface area (Å²) in [6.07, 6.45) is 0.0637. The lowest BCUT2D eigenvalue weighted by Crippen LogP contribution is -2.57. The molecule has 0 aliphatic carbocycles. The molecule has 0 saturated carbocycles. The Hall–Kier alpha value is -3.97. The first-order valence-electron chi connectivity index (χ1n) is 11.5. The Morgan fingerprint density at radius 1 is 0.914 bits per heavy atom. The maximum Gasteiger partial charge on any atom is 0.325 e. The van der Waals surface area contributed by atoms with Crippen LogP contribution in [0.15, 0.2) is 84.9 Å². The van der Waals surface area contributed by atoms with E-state index in [1.165, 1.54) is 12.0 Å². The Kier molecular flexibility index (Phi) is 5.86. The van der Waals surface area contributed by atoms with E-state index in [2.05, 4.69) is 5.32 Å². The molecule has 2 N–H and O–H groups in total. The third-order valence-electron chi connectivity index (χ3n) is 7.11. The first kappa shape index (κ1) is 22.8. The highest BCUT2D eigenvalue weighted by atomic mass is 16.5. The number of likely N-dealkylation sites (tertiary alicyclic amines) is 1. The molecule has 178 valence electrons. The summed E-state index contributed by atoms with van der Waals surface area (Å²) in [5.74, 6) is -3.40. The monoisotopic (exact) mass is 470 g/mol. The van der Waals surface area contributed by atoms with Gasteiger partial charge in [-0.15, -0.1) is 0 Å². The number of rotatable bonds is 7. The van der Waals surface area contributed by atoms with Gasteiger partial charge in [0.25, 0.3) is 0 Å². The number of hydrogen-bond acceptors (Lipinski definition) is 5. The largest absolute Gasteiger partial charge is 0.496 e. The van der Waals surface area contributed by atoms with Crippen LogP contribution < -0.4 is 10.1 Å². The molecule has 7 heteroatoms. The van der Waals surface area contributed by atoms with E-state index in [-0.39, 0.29) is 18.9 Å². The Morgan fingerprint density at radius 2 is 1.51 bits per heavy atom. The summed E-state index contributed by atoms with van der Waals surface area (Å²) in [6.45, 7) is 0.102. The number of imide groups is 1. The fourth-order valence-electron chi connectivity index (χ4n) is 5.53. The van der Waals surface area contributed by atoms with Gasteiger partial charge in [-0.25, -0.2) is 0 Å². The molecule has 0 spiro atoms. The number of benzene rings is 3. The SMILES string of the molecule is COc1ccccc1C1NC(Cc2ccccc2)(C(=O)O)C2C(=O)N(Cc3ccccc3)C(=O)C12. The highest BCUT2D eigenvalue weighted by Gasteiger charge is 2.68. The minimum Gasteiger partial charge on any atom is -0.496 e. The maximum atomic E-state index is 13.8. The predicted octanol–water partition coefficient (Wildman–Crippen LogP) is 3.21. The normalized spacial score (nSPS) is 25.5. The molecule has 2 aliphatic rings. The number of amides is 2. The van der Waals surface area contributed by atoms with Gasteiger partial charge >= 0.3 is 5.97 Å². The standard InChI is InChI=1S/C28H26N2O5/c1-35-21-15-9-8-14-20(21)24-22-23(26(32)30(25(22)31)17-19-12-6-3-7-13-19)28(29-24,27(33)34)16-18-10-4-2-5-11-18/h2-15,22-24,29H,16-17H2,1H3,(H,33,34). The molecule has 35 heavy (non-hydrogen) atoms. The zero-order chi connectivity index (χ0) is 24.6. The van der Waals surface area contributed by atoms with Gasteiger partial charge in [-0.3, -0.25) is 24.6 Å². The number of para-hydroxylation sites is 1. The van der Waals surface area contributed by atoms with Crippen molar-refractivity contribution in [3.8, 4) is 5.75 Å². The summed E-state index contributed by atoms with van der Waals surface area (Å²) in [7, 11) is 1.53. The summed E-state index contributed by atoms with van der Waals surface area (Å²) >= 11 is 0. The second kappa shape index (κ2) is 9.00. The lowest BCUT2D eigenvalue weighted by Gasteiger charge is -2.31. The van der Waals surface area contributed by atoms with Crippen LogP contribution >= 0.6 is 0 Å². The highest BCUT2D eigenvalue weighted by molar-refractivity contribution is 6.09. The van der Waals surface area contributed by atoms with Crippen molar-refractivity contribution in [3.63, 3.8) is 0 Å². The van der Waals surface area contributed by atoms with E-state index >= 15 is 0 Å². The molecular weight excluding hydrogens is 444 g/mol. The Balaban J connectivity index is 1.63. The van der Waals surface area contributed by atoms with Crippen LogP contribution in [0.2, 0.25) is 0 Å². The molecule has 2 heterocycles. The van der Waals surface area contributed by atoms with Gasteiger partial charge in [-0.05, 0) is 17.2 Å². The molecule has 3 aromatic carbocycles. The lowest BCUT2D eigenvalue weighted by atomic mass is 9.76. The van der Waals surface area contributed by atoms with Crippen molar-refractivity contribution in [2.75, 3.05) is 7.11 Å². The Labute approximate surface area is 203 Å². The average molecular weight is 471 g/mol. The van der Waals surface area contributed by atoms with Crippen LogP contribution in [0.4, 0.5) is 0 Å². The minimum atomic E-state index is -1.66. The highest BCUT2D eigenvalue weighted by Crippen LogP contribution is 2.51. The number of nitrogens with one attached hydrogen (secondary N) is 1. The van der Waals surface area contributed by atoms with Gasteiger partial charge in [0.1, 0.15) is 11.3 Å². The van der Waals surface area contributed by atoms with Gasteiger partial charge in [0.2, 0.25) is 11.8 Å². The molecule has 5 rings (SSSR count). The quantitative estimate of drug-likeness (QED) is 0.515. The van der Waals surface area contributed by atoms with Crippen molar-refractivity contribution in [2.24, 2.45) is 11.8 Å². The van der Waals surface area contributed by atoms with Crippen LogP contribution in [-0.2, 0) is 27.3 Å². The van der Waals surface area contributed by atoms with Crippen LogP contribution in [0.3, 0.4) is 0 Å². The van der Waals surface area contributed by atoms with Crippen LogP contribution in [0, 0.1) is 11.8 Å². The van der Waals surface area contributed by atoms with Crippen molar-refractivity contribution in [3.05, 3.63) is 102 Å². The van der Waals surface area contributed by atoms with Gasteiger partial charge in [-0.1, -0.05) is 78.9 Å². The van der Waals surface area contributed by atoms with E-state index in [1.807, 2.05) is 78.9 Å². The van der Waals surface area contributed by atoms with E-state index in [1.54, 1.807) is 6.07 Å². The molecule has 2 saturated heterocycles. The molecule has 3 aromatic rings. The lowest BCUT2D eigenvalue weighted by molar-refractivity contribution is -0.151.